The van der Waals surface area contributed by atoms with Crippen molar-refractivity contribution in [3.8, 4) is 0 Å². The number of nitrogens with one attached hydrogen (secondary N) is 2. The Balaban J connectivity index is 1.50. The fraction of sp³-hybridized carbons (Fsp3) is 0.731. The van der Waals surface area contributed by atoms with Crippen LogP contribution in [0.15, 0.2) is 30.3 Å². The van der Waals surface area contributed by atoms with Crippen LogP contribution in [-0.2, 0) is 10.2 Å². The molecule has 5 aliphatic rings. The van der Waals surface area contributed by atoms with E-state index in [4.69, 9.17) is 0 Å². The van der Waals surface area contributed by atoms with Crippen LogP contribution >= 0.6 is 0 Å². The van der Waals surface area contributed by atoms with E-state index in [1.807, 2.05) is 0 Å². The van der Waals surface area contributed by atoms with Gasteiger partial charge in [0, 0.05) is 12.6 Å². The van der Waals surface area contributed by atoms with Crippen molar-refractivity contribution >= 4 is 5.91 Å². The molecule has 6 rings (SSSR count). The Hall–Kier alpha value is -1.35. The molecule has 1 aromatic carbocycles. The van der Waals surface area contributed by atoms with Gasteiger partial charge < -0.3 is 10.6 Å². The zero-order valence-electron chi connectivity index (χ0n) is 18.5. The lowest BCUT2D eigenvalue weighted by molar-refractivity contribution is -0.138. The minimum atomic E-state index is -0.150. The molecule has 4 saturated carbocycles. The van der Waals surface area contributed by atoms with Crippen LogP contribution in [-0.4, -0.2) is 25.0 Å². The van der Waals surface area contributed by atoms with Gasteiger partial charge in [0.05, 0.1) is 5.41 Å². The van der Waals surface area contributed by atoms with Gasteiger partial charge in [-0.2, -0.15) is 0 Å². The number of hydrogen-bond acceptors (Lipinski definition) is 2. The van der Waals surface area contributed by atoms with Gasteiger partial charge >= 0.3 is 0 Å². The maximum Gasteiger partial charge on any atom is 0.227 e. The highest BCUT2D eigenvalue weighted by molar-refractivity contribution is 5.86. The van der Waals surface area contributed by atoms with E-state index in [0.29, 0.717) is 5.91 Å². The van der Waals surface area contributed by atoms with Crippen molar-refractivity contribution in [3.63, 3.8) is 0 Å². The van der Waals surface area contributed by atoms with Crippen molar-refractivity contribution in [1.82, 2.24) is 10.6 Å². The van der Waals surface area contributed by atoms with Crippen molar-refractivity contribution in [2.24, 2.45) is 22.2 Å². The Bertz CT molecular complexity index is 789. The topological polar surface area (TPSA) is 41.1 Å². The summed E-state index contributed by atoms with van der Waals surface area (Å²) in [5, 5.41) is 7.14. The molecule has 1 aliphatic heterocycles. The van der Waals surface area contributed by atoms with Crippen molar-refractivity contribution < 1.29 is 4.79 Å². The monoisotopic (exact) mass is 394 g/mol. The van der Waals surface area contributed by atoms with Gasteiger partial charge in [-0.05, 0) is 79.2 Å². The Morgan fingerprint density at radius 2 is 1.93 bits per heavy atom. The molecule has 5 fully saturated rings. The number of piperidine rings is 1. The molecule has 0 spiro atoms. The first kappa shape index (κ1) is 19.6. The van der Waals surface area contributed by atoms with E-state index in [2.05, 4.69) is 61.7 Å². The van der Waals surface area contributed by atoms with Crippen molar-refractivity contribution in [2.45, 2.75) is 83.6 Å². The molecule has 0 radical (unpaired) electrons. The molecular formula is C26H38N2O. The molecule has 29 heavy (non-hydrogen) atoms. The SMILES string of the molecule is CCC[C@]12CC3CC1(C(=O)NC1CCNCC1(C)C)C[C@@](c1ccccc1)(C3)C2. The van der Waals surface area contributed by atoms with Crippen LogP contribution in [0.5, 0.6) is 0 Å². The highest BCUT2D eigenvalue weighted by Crippen LogP contribution is 2.77. The molecule has 3 heteroatoms. The molecule has 3 nitrogen and oxygen atoms in total. The third kappa shape index (κ3) is 2.76. The van der Waals surface area contributed by atoms with Crippen molar-refractivity contribution in [2.75, 3.05) is 13.1 Å². The lowest BCUT2D eigenvalue weighted by atomic mass is 9.63. The van der Waals surface area contributed by atoms with E-state index in [1.54, 1.807) is 0 Å². The first-order valence-electron chi connectivity index (χ1n) is 11.9. The van der Waals surface area contributed by atoms with Crippen LogP contribution in [0.4, 0.5) is 0 Å². The smallest absolute Gasteiger partial charge is 0.227 e. The van der Waals surface area contributed by atoms with Gasteiger partial charge in [0.25, 0.3) is 0 Å². The predicted molar refractivity (Wildman–Crippen MR) is 118 cm³/mol. The summed E-state index contributed by atoms with van der Waals surface area (Å²) in [4.78, 5) is 14.1. The molecule has 5 atom stereocenters. The van der Waals surface area contributed by atoms with Crippen molar-refractivity contribution in [1.29, 1.82) is 0 Å². The second-order valence-corrected chi connectivity index (χ2v) is 11.6. The number of amides is 1. The first-order chi connectivity index (χ1) is 13.8. The van der Waals surface area contributed by atoms with E-state index < -0.39 is 0 Å². The minimum Gasteiger partial charge on any atom is -0.352 e. The highest BCUT2D eigenvalue weighted by Gasteiger charge is 2.74. The zero-order chi connectivity index (χ0) is 20.3. The minimum absolute atomic E-state index is 0.120. The van der Waals surface area contributed by atoms with Gasteiger partial charge in [0.2, 0.25) is 5.91 Å². The summed E-state index contributed by atoms with van der Waals surface area (Å²) in [7, 11) is 0. The third-order valence-electron chi connectivity index (χ3n) is 9.32. The van der Waals surface area contributed by atoms with Crippen LogP contribution in [0.1, 0.15) is 77.7 Å². The zero-order valence-corrected chi connectivity index (χ0v) is 18.5. The van der Waals surface area contributed by atoms with E-state index in [1.165, 1.54) is 37.7 Å². The lowest BCUT2D eigenvalue weighted by Crippen LogP contribution is -2.58. The summed E-state index contributed by atoms with van der Waals surface area (Å²) in [5.41, 5.74) is 1.89. The van der Waals surface area contributed by atoms with Crippen LogP contribution in [0, 0.1) is 22.2 Å². The normalized spacial score (nSPS) is 42.2. The Kier molecular flexibility index (Phi) is 4.44. The van der Waals surface area contributed by atoms with E-state index in [0.717, 1.165) is 38.3 Å². The average molecular weight is 395 g/mol. The molecule has 4 bridgehead atoms. The summed E-state index contributed by atoms with van der Waals surface area (Å²) in [6.45, 7) is 8.91. The lowest BCUT2D eigenvalue weighted by Gasteiger charge is -2.44. The molecule has 1 heterocycles. The third-order valence-corrected chi connectivity index (χ3v) is 9.32. The molecule has 1 amide bonds. The number of hydrogen-bond donors (Lipinski definition) is 2. The van der Waals surface area contributed by atoms with E-state index in [-0.39, 0.29) is 27.7 Å². The van der Waals surface area contributed by atoms with Gasteiger partial charge in [-0.25, -0.2) is 0 Å². The van der Waals surface area contributed by atoms with Gasteiger partial charge in [0.1, 0.15) is 0 Å². The van der Waals surface area contributed by atoms with Crippen LogP contribution in [0.3, 0.4) is 0 Å². The second kappa shape index (κ2) is 6.57. The average Bonchev–Trinajstić information content (AvgIpc) is 3.03. The summed E-state index contributed by atoms with van der Waals surface area (Å²) < 4.78 is 0. The molecule has 1 saturated heterocycles. The molecule has 1 aromatic rings. The number of carbonyl (C=O) groups excluding carboxylic acids is 1. The largest absolute Gasteiger partial charge is 0.352 e. The molecule has 158 valence electrons. The molecule has 2 N–H and O–H groups in total. The molecule has 3 unspecified atom stereocenters. The molecular weight excluding hydrogens is 356 g/mol. The summed E-state index contributed by atoms with van der Waals surface area (Å²) in [6, 6.07) is 11.4. The fourth-order valence-corrected chi connectivity index (χ4v) is 8.33. The summed E-state index contributed by atoms with van der Waals surface area (Å²) >= 11 is 0. The number of benzene rings is 1. The van der Waals surface area contributed by atoms with Crippen molar-refractivity contribution in [3.05, 3.63) is 35.9 Å². The quantitative estimate of drug-likeness (QED) is 0.752. The van der Waals surface area contributed by atoms with E-state index in [9.17, 15) is 4.79 Å². The van der Waals surface area contributed by atoms with Crippen LogP contribution in [0.2, 0.25) is 0 Å². The summed E-state index contributed by atoms with van der Waals surface area (Å²) in [5.74, 6) is 1.11. The Morgan fingerprint density at radius 1 is 1.14 bits per heavy atom. The molecule has 4 aliphatic carbocycles. The molecule has 0 aromatic heterocycles. The number of rotatable bonds is 5. The van der Waals surface area contributed by atoms with Gasteiger partial charge in [-0.1, -0.05) is 57.5 Å². The van der Waals surface area contributed by atoms with E-state index >= 15 is 0 Å². The summed E-state index contributed by atoms with van der Waals surface area (Å²) in [6.07, 6.45) is 9.41. The maximum atomic E-state index is 14.1. The van der Waals surface area contributed by atoms with Crippen LogP contribution < -0.4 is 10.6 Å². The fourth-order valence-electron chi connectivity index (χ4n) is 8.33. The van der Waals surface area contributed by atoms with Gasteiger partial charge in [-0.3, -0.25) is 4.79 Å². The Morgan fingerprint density at radius 3 is 2.66 bits per heavy atom. The number of carbonyl (C=O) groups is 1. The maximum absolute atomic E-state index is 14.1. The second-order valence-electron chi connectivity index (χ2n) is 11.6. The van der Waals surface area contributed by atoms with Crippen LogP contribution in [0.25, 0.3) is 0 Å². The highest BCUT2D eigenvalue weighted by atomic mass is 16.2. The Labute approximate surface area is 176 Å². The standard InChI is InChI=1S/C26H38N2O/c1-4-11-25-14-19-13-24(16-25,20-8-6-5-7-9-20)17-26(25,15-19)22(29)28-21-10-12-27-18-23(21,2)3/h5-9,19,21,27H,4,10-18H2,1-3H3,(H,28,29)/t19?,21?,24-,25-,26?/m1/s1. The van der Waals surface area contributed by atoms with Gasteiger partial charge in [0.15, 0.2) is 0 Å². The predicted octanol–water partition coefficient (Wildman–Crippen LogP) is 4.81. The van der Waals surface area contributed by atoms with Gasteiger partial charge in [-0.15, -0.1) is 0 Å². The first-order valence-corrected chi connectivity index (χ1v) is 11.9.